The number of carbonyl (C=O) groups excluding carboxylic acids is 3. The van der Waals surface area contributed by atoms with E-state index in [1.54, 1.807) is 61.5 Å². The van der Waals surface area contributed by atoms with E-state index in [1.807, 2.05) is 85.0 Å². The summed E-state index contributed by atoms with van der Waals surface area (Å²) in [6.45, 7) is 5.41. The molecule has 1 aliphatic rings. The fraction of sp³-hybridized carbons (Fsp3) is 0.103. The highest BCUT2D eigenvalue weighted by Gasteiger charge is 2.11. The first-order valence-electron chi connectivity index (χ1n) is 14.4. The van der Waals surface area contributed by atoms with Gasteiger partial charge in [-0.25, -0.2) is 9.59 Å². The number of hydrogen-bond acceptors (Lipinski definition) is 5. The van der Waals surface area contributed by atoms with Crippen molar-refractivity contribution >= 4 is 23.8 Å². The normalized spacial score (nSPS) is 11.7. The van der Waals surface area contributed by atoms with Crippen LogP contribution in [0, 0.1) is 0 Å². The molecule has 5 heteroatoms. The molecule has 0 fully saturated rings. The Hall–Kier alpha value is -5.55. The van der Waals surface area contributed by atoms with Crippen LogP contribution < -0.4 is 9.47 Å². The number of aryl methyl sites for hydroxylation is 2. The number of Topliss-reactive ketones (excluding diaryl/α,β-unsaturated/α-hetero) is 1. The molecule has 0 aromatic heterocycles. The Kier molecular flexibility index (Phi) is 11.5. The van der Waals surface area contributed by atoms with Crippen molar-refractivity contribution in [2.75, 3.05) is 0 Å². The van der Waals surface area contributed by atoms with Crippen LogP contribution in [-0.2, 0) is 17.6 Å². The molecule has 0 bridgehead atoms. The molecule has 0 heterocycles. The zero-order valence-corrected chi connectivity index (χ0v) is 24.6. The third-order valence-corrected chi connectivity index (χ3v) is 6.69. The Morgan fingerprint density at radius 3 is 1.98 bits per heavy atom. The number of hydrogen-bond donors (Lipinski definition) is 0. The summed E-state index contributed by atoms with van der Waals surface area (Å²) in [5.74, 6) is 0.362. The second kappa shape index (κ2) is 16.2. The summed E-state index contributed by atoms with van der Waals surface area (Å²) < 4.78 is 11.1. The Balaban J connectivity index is 0.000000421. The highest BCUT2D eigenvalue weighted by atomic mass is 16.5. The number of carbonyl (C=O) groups is 3. The molecular formula is C39H34O5. The smallest absolute Gasteiger partial charge is 0.343 e. The molecule has 0 N–H and O–H groups in total. The summed E-state index contributed by atoms with van der Waals surface area (Å²) in [5, 5.41) is 0. The van der Waals surface area contributed by atoms with E-state index in [9.17, 15) is 14.4 Å². The van der Waals surface area contributed by atoms with Gasteiger partial charge in [0.2, 0.25) is 0 Å². The first-order chi connectivity index (χ1) is 21.4. The van der Waals surface area contributed by atoms with E-state index in [-0.39, 0.29) is 11.8 Å². The zero-order valence-electron chi connectivity index (χ0n) is 24.6. The van der Waals surface area contributed by atoms with Gasteiger partial charge in [-0.1, -0.05) is 104 Å². The van der Waals surface area contributed by atoms with Gasteiger partial charge in [0, 0.05) is 5.56 Å². The maximum Gasteiger partial charge on any atom is 0.343 e. The van der Waals surface area contributed by atoms with E-state index in [1.165, 1.54) is 0 Å². The third kappa shape index (κ3) is 9.78. The van der Waals surface area contributed by atoms with Crippen molar-refractivity contribution < 1.29 is 23.9 Å². The molecule has 0 saturated carbocycles. The van der Waals surface area contributed by atoms with Crippen LogP contribution in [0.5, 0.6) is 11.5 Å². The van der Waals surface area contributed by atoms with Gasteiger partial charge in [-0.2, -0.15) is 0 Å². The Labute approximate surface area is 258 Å². The third-order valence-electron chi connectivity index (χ3n) is 6.69. The lowest BCUT2D eigenvalue weighted by Crippen LogP contribution is -2.09. The van der Waals surface area contributed by atoms with Gasteiger partial charge in [-0.05, 0) is 85.4 Å². The molecule has 0 spiro atoms. The van der Waals surface area contributed by atoms with Crippen LogP contribution in [0.3, 0.4) is 0 Å². The molecule has 0 unspecified atom stereocenters. The summed E-state index contributed by atoms with van der Waals surface area (Å²) in [6.07, 6.45) is 13.3. The number of esters is 2. The molecular weight excluding hydrogens is 548 g/mol. The van der Waals surface area contributed by atoms with E-state index in [2.05, 4.69) is 6.58 Å². The minimum Gasteiger partial charge on any atom is -0.423 e. The predicted octanol–water partition coefficient (Wildman–Crippen LogP) is 8.57. The number of benzene rings is 4. The van der Waals surface area contributed by atoms with Crippen molar-refractivity contribution in [2.24, 2.45) is 0 Å². The zero-order chi connectivity index (χ0) is 31.1. The van der Waals surface area contributed by atoms with Gasteiger partial charge in [0.05, 0.1) is 11.1 Å². The maximum absolute atomic E-state index is 12.4. The van der Waals surface area contributed by atoms with Crippen LogP contribution in [0.1, 0.15) is 50.8 Å². The monoisotopic (exact) mass is 582 g/mol. The molecule has 0 atom stereocenters. The Bertz CT molecular complexity index is 1680. The van der Waals surface area contributed by atoms with Crippen LogP contribution in [0.15, 0.2) is 146 Å². The lowest BCUT2D eigenvalue weighted by molar-refractivity contribution is -0.129. The fourth-order valence-corrected chi connectivity index (χ4v) is 4.33. The molecule has 220 valence electrons. The molecule has 5 nitrogen and oxygen atoms in total. The summed E-state index contributed by atoms with van der Waals surface area (Å²) >= 11 is 0. The van der Waals surface area contributed by atoms with E-state index in [0.717, 1.165) is 35.1 Å². The van der Waals surface area contributed by atoms with Gasteiger partial charge in [0.25, 0.3) is 0 Å². The van der Waals surface area contributed by atoms with E-state index in [4.69, 9.17) is 9.47 Å². The van der Waals surface area contributed by atoms with E-state index in [0.29, 0.717) is 29.1 Å². The second-order valence-corrected chi connectivity index (χ2v) is 10.0. The summed E-state index contributed by atoms with van der Waals surface area (Å²) in [6, 6.07) is 31.4. The quantitative estimate of drug-likeness (QED) is 0.112. The van der Waals surface area contributed by atoms with Crippen LogP contribution in [0.4, 0.5) is 0 Å². The number of ether oxygens (including phenoxy) is 2. The lowest BCUT2D eigenvalue weighted by atomic mass is 10.0. The van der Waals surface area contributed by atoms with E-state index < -0.39 is 5.97 Å². The standard InChI is InChI=1S/C31H26O4.C8H8O/c1-2-23-20-25(22-29(21-23)35-31(33)27-12-8-5-9-13-27)15-14-24-16-18-28(19-17-24)34-30(32)26-10-6-3-4-7-11-26;1-7(9)8-5-3-2-4-6-8/h2-6,8-13,16-22H,1,7,14-15H2;2-6H,1H3. The van der Waals surface area contributed by atoms with Gasteiger partial charge in [-0.3, -0.25) is 4.79 Å². The molecule has 0 amide bonds. The molecule has 1 aliphatic carbocycles. The minimum atomic E-state index is -0.394. The van der Waals surface area contributed by atoms with Crippen molar-refractivity contribution in [3.8, 4) is 11.5 Å². The summed E-state index contributed by atoms with van der Waals surface area (Å²) in [4.78, 5) is 35.4. The lowest BCUT2D eigenvalue weighted by Gasteiger charge is -2.10. The molecule has 0 saturated heterocycles. The predicted molar refractivity (Wildman–Crippen MR) is 175 cm³/mol. The van der Waals surface area contributed by atoms with Crippen LogP contribution in [-0.4, -0.2) is 17.7 Å². The first-order valence-corrected chi connectivity index (χ1v) is 14.4. The number of allylic oxidation sites excluding steroid dienone is 4. The van der Waals surface area contributed by atoms with Gasteiger partial charge in [-0.15, -0.1) is 0 Å². The average Bonchev–Trinajstić information content (AvgIpc) is 3.35. The van der Waals surface area contributed by atoms with Crippen molar-refractivity contribution in [2.45, 2.75) is 26.2 Å². The van der Waals surface area contributed by atoms with Gasteiger partial charge < -0.3 is 9.47 Å². The highest BCUT2D eigenvalue weighted by Crippen LogP contribution is 2.22. The van der Waals surface area contributed by atoms with Crippen molar-refractivity contribution in [1.82, 2.24) is 0 Å². The van der Waals surface area contributed by atoms with Crippen LogP contribution in [0.25, 0.3) is 6.08 Å². The van der Waals surface area contributed by atoms with Crippen molar-refractivity contribution in [3.63, 3.8) is 0 Å². The number of rotatable bonds is 9. The minimum absolute atomic E-state index is 0.121. The maximum atomic E-state index is 12.4. The van der Waals surface area contributed by atoms with E-state index >= 15 is 0 Å². The number of ketones is 1. The molecule has 5 rings (SSSR count). The Morgan fingerprint density at radius 2 is 1.34 bits per heavy atom. The Morgan fingerprint density at radius 1 is 0.705 bits per heavy atom. The van der Waals surface area contributed by atoms with Crippen LogP contribution in [0.2, 0.25) is 0 Å². The SMILES string of the molecule is C=Cc1cc(CCc2ccc(OC(=O)C3=CCC=CC=C3)cc2)cc(OC(=O)c2ccccc2)c1.CC(=O)c1ccccc1. The van der Waals surface area contributed by atoms with Crippen LogP contribution >= 0.6 is 0 Å². The van der Waals surface area contributed by atoms with Gasteiger partial charge in [0.15, 0.2) is 5.78 Å². The van der Waals surface area contributed by atoms with Gasteiger partial charge >= 0.3 is 11.9 Å². The highest BCUT2D eigenvalue weighted by molar-refractivity contribution is 5.94. The van der Waals surface area contributed by atoms with Gasteiger partial charge in [0.1, 0.15) is 11.5 Å². The molecule has 0 radical (unpaired) electrons. The second-order valence-electron chi connectivity index (χ2n) is 10.0. The van der Waals surface area contributed by atoms with Crippen molar-refractivity contribution in [1.29, 1.82) is 0 Å². The fourth-order valence-electron chi connectivity index (χ4n) is 4.33. The topological polar surface area (TPSA) is 69.7 Å². The molecule has 4 aromatic carbocycles. The van der Waals surface area contributed by atoms with Crippen molar-refractivity contribution in [3.05, 3.63) is 173 Å². The molecule has 0 aliphatic heterocycles. The largest absolute Gasteiger partial charge is 0.423 e. The molecule has 4 aromatic rings. The molecule has 44 heavy (non-hydrogen) atoms. The summed E-state index contributed by atoms with van der Waals surface area (Å²) in [7, 11) is 0. The average molecular weight is 583 g/mol. The first kappa shape index (κ1) is 31.4. The summed E-state index contributed by atoms with van der Waals surface area (Å²) in [5.41, 5.74) is 4.85.